The van der Waals surface area contributed by atoms with Crippen LogP contribution in [0.2, 0.25) is 0 Å². The van der Waals surface area contributed by atoms with Crippen molar-refractivity contribution in [1.29, 1.82) is 0 Å². The van der Waals surface area contributed by atoms with E-state index < -0.39 is 0 Å². The molecule has 0 bridgehead atoms. The van der Waals surface area contributed by atoms with Crippen molar-refractivity contribution in [2.75, 3.05) is 0 Å². The largest absolute Gasteiger partial charge is 0.322 e. The van der Waals surface area contributed by atoms with E-state index in [1.807, 2.05) is 13.8 Å². The smallest absolute Gasteiger partial charge is 0.257 e. The van der Waals surface area contributed by atoms with Gasteiger partial charge in [0.05, 0.1) is 5.56 Å². The van der Waals surface area contributed by atoms with Crippen LogP contribution in [0.15, 0.2) is 6.58 Å². The highest BCUT2D eigenvalue weighted by Crippen LogP contribution is 2.34. The lowest BCUT2D eigenvalue weighted by molar-refractivity contribution is 0.0981. The Labute approximate surface area is 74.9 Å². The summed E-state index contributed by atoms with van der Waals surface area (Å²) in [6, 6.07) is 0. The molecule has 0 aromatic carbocycles. The molecule has 2 rings (SSSR count). The van der Waals surface area contributed by atoms with Crippen LogP contribution in [0.5, 0.6) is 0 Å². The molecule has 2 nitrogen and oxygen atoms in total. The zero-order valence-electron chi connectivity index (χ0n) is 7.02. The SMILES string of the molecule is C=C1NC(=O)c2c(C)sc(C)c21. The zero-order valence-corrected chi connectivity index (χ0v) is 7.84. The first-order valence-corrected chi connectivity index (χ1v) is 4.53. The number of fused-ring (bicyclic) bond motifs is 1. The summed E-state index contributed by atoms with van der Waals surface area (Å²) in [6.07, 6.45) is 0. The van der Waals surface area contributed by atoms with Gasteiger partial charge in [-0.2, -0.15) is 0 Å². The van der Waals surface area contributed by atoms with E-state index in [-0.39, 0.29) is 5.91 Å². The van der Waals surface area contributed by atoms with Gasteiger partial charge in [0.2, 0.25) is 0 Å². The Kier molecular flexibility index (Phi) is 1.38. The standard InChI is InChI=1S/C9H9NOS/c1-4-7-5(2)12-6(3)8(7)9(11)10-4/h1H2,2-3H3,(H,10,11). The van der Waals surface area contributed by atoms with E-state index in [1.54, 1.807) is 11.3 Å². The second kappa shape index (κ2) is 2.20. The molecule has 1 aromatic rings. The Balaban J connectivity index is 2.78. The lowest BCUT2D eigenvalue weighted by atomic mass is 10.1. The molecule has 1 amide bonds. The van der Waals surface area contributed by atoms with E-state index in [1.165, 1.54) is 4.88 Å². The molecular formula is C9H9NOS. The van der Waals surface area contributed by atoms with E-state index in [4.69, 9.17) is 0 Å². The third-order valence-electron chi connectivity index (χ3n) is 2.05. The van der Waals surface area contributed by atoms with Crippen LogP contribution in [-0.2, 0) is 0 Å². The molecule has 12 heavy (non-hydrogen) atoms. The monoisotopic (exact) mass is 179 g/mol. The van der Waals surface area contributed by atoms with Gasteiger partial charge in [-0.1, -0.05) is 6.58 Å². The number of carbonyl (C=O) groups is 1. The quantitative estimate of drug-likeness (QED) is 0.649. The molecule has 1 aromatic heterocycles. The summed E-state index contributed by atoms with van der Waals surface area (Å²) >= 11 is 1.66. The molecule has 1 N–H and O–H groups in total. The van der Waals surface area contributed by atoms with Gasteiger partial charge in [0.15, 0.2) is 0 Å². The van der Waals surface area contributed by atoms with Gasteiger partial charge >= 0.3 is 0 Å². The van der Waals surface area contributed by atoms with E-state index >= 15 is 0 Å². The number of aryl methyl sites for hydroxylation is 2. The van der Waals surface area contributed by atoms with Gasteiger partial charge in [-0.05, 0) is 13.8 Å². The third-order valence-corrected chi connectivity index (χ3v) is 3.07. The van der Waals surface area contributed by atoms with Crippen LogP contribution in [-0.4, -0.2) is 5.91 Å². The molecule has 1 aliphatic rings. The van der Waals surface area contributed by atoms with Crippen LogP contribution in [0.1, 0.15) is 25.7 Å². The van der Waals surface area contributed by atoms with Crippen LogP contribution in [0, 0.1) is 13.8 Å². The second-order valence-electron chi connectivity index (χ2n) is 2.90. The summed E-state index contributed by atoms with van der Waals surface area (Å²) in [5.41, 5.74) is 2.59. The zero-order chi connectivity index (χ0) is 8.88. The molecule has 0 atom stereocenters. The summed E-state index contributed by atoms with van der Waals surface area (Å²) in [5.74, 6) is -0.00292. The Bertz CT molecular complexity index is 355. The fourth-order valence-electron chi connectivity index (χ4n) is 1.58. The van der Waals surface area contributed by atoms with Gasteiger partial charge in [-0.3, -0.25) is 4.79 Å². The fourth-order valence-corrected chi connectivity index (χ4v) is 2.67. The third kappa shape index (κ3) is 0.770. The fraction of sp³-hybridized carbons (Fsp3) is 0.222. The van der Waals surface area contributed by atoms with Gasteiger partial charge in [0.1, 0.15) is 0 Å². The molecule has 0 aliphatic carbocycles. The Morgan fingerprint density at radius 1 is 1.25 bits per heavy atom. The summed E-state index contributed by atoms with van der Waals surface area (Å²) < 4.78 is 0. The highest BCUT2D eigenvalue weighted by molar-refractivity contribution is 7.12. The lowest BCUT2D eigenvalue weighted by Gasteiger charge is -1.94. The maximum atomic E-state index is 11.3. The van der Waals surface area contributed by atoms with E-state index in [2.05, 4.69) is 11.9 Å². The minimum absolute atomic E-state index is 0.00292. The number of hydrogen-bond donors (Lipinski definition) is 1. The minimum Gasteiger partial charge on any atom is -0.322 e. The van der Waals surface area contributed by atoms with Crippen molar-refractivity contribution >= 4 is 22.9 Å². The van der Waals surface area contributed by atoms with Crippen molar-refractivity contribution in [2.24, 2.45) is 0 Å². The van der Waals surface area contributed by atoms with Crippen molar-refractivity contribution in [1.82, 2.24) is 5.32 Å². The predicted molar refractivity (Wildman–Crippen MR) is 50.3 cm³/mol. The highest BCUT2D eigenvalue weighted by atomic mass is 32.1. The Morgan fingerprint density at radius 2 is 1.83 bits per heavy atom. The van der Waals surface area contributed by atoms with Gasteiger partial charge < -0.3 is 5.32 Å². The van der Waals surface area contributed by atoms with Crippen LogP contribution in [0.3, 0.4) is 0 Å². The molecule has 0 saturated carbocycles. The molecule has 62 valence electrons. The van der Waals surface area contributed by atoms with Crippen molar-refractivity contribution in [3.05, 3.63) is 27.5 Å². The average Bonchev–Trinajstić information content (AvgIpc) is 2.38. The first-order chi connectivity index (χ1) is 5.61. The molecule has 0 saturated heterocycles. The summed E-state index contributed by atoms with van der Waals surface area (Å²) in [5, 5.41) is 2.72. The highest BCUT2D eigenvalue weighted by Gasteiger charge is 2.27. The molecule has 0 unspecified atom stereocenters. The maximum absolute atomic E-state index is 11.3. The number of amides is 1. The lowest BCUT2D eigenvalue weighted by Crippen LogP contribution is -2.12. The number of thiophene rings is 1. The first kappa shape index (κ1) is 7.55. The average molecular weight is 179 g/mol. The topological polar surface area (TPSA) is 29.1 Å². The van der Waals surface area contributed by atoms with Crippen molar-refractivity contribution in [3.8, 4) is 0 Å². The van der Waals surface area contributed by atoms with Gasteiger partial charge in [-0.15, -0.1) is 11.3 Å². The summed E-state index contributed by atoms with van der Waals surface area (Å²) in [7, 11) is 0. The molecule has 1 aliphatic heterocycles. The number of rotatable bonds is 0. The molecule has 3 heteroatoms. The summed E-state index contributed by atoms with van der Waals surface area (Å²) in [6.45, 7) is 7.78. The maximum Gasteiger partial charge on any atom is 0.257 e. The van der Waals surface area contributed by atoms with Crippen LogP contribution in [0.4, 0.5) is 0 Å². The number of nitrogens with one attached hydrogen (secondary N) is 1. The molecule has 2 heterocycles. The number of hydrogen-bond acceptors (Lipinski definition) is 2. The van der Waals surface area contributed by atoms with Gasteiger partial charge in [0.25, 0.3) is 5.91 Å². The first-order valence-electron chi connectivity index (χ1n) is 3.72. The number of carbonyl (C=O) groups excluding carboxylic acids is 1. The van der Waals surface area contributed by atoms with Gasteiger partial charge in [-0.25, -0.2) is 0 Å². The van der Waals surface area contributed by atoms with Gasteiger partial charge in [0, 0.05) is 21.0 Å². The Morgan fingerprint density at radius 3 is 2.42 bits per heavy atom. The predicted octanol–water partition coefficient (Wildman–Crippen LogP) is 2.08. The second-order valence-corrected chi connectivity index (χ2v) is 4.33. The molecule has 0 spiro atoms. The van der Waals surface area contributed by atoms with Crippen LogP contribution < -0.4 is 5.32 Å². The van der Waals surface area contributed by atoms with Crippen LogP contribution in [0.25, 0.3) is 5.70 Å². The normalized spacial score (nSPS) is 14.8. The minimum atomic E-state index is -0.00292. The Hall–Kier alpha value is -1.09. The van der Waals surface area contributed by atoms with Crippen molar-refractivity contribution in [2.45, 2.75) is 13.8 Å². The molecular weight excluding hydrogens is 170 g/mol. The van der Waals surface area contributed by atoms with E-state index in [0.29, 0.717) is 0 Å². The van der Waals surface area contributed by atoms with Crippen molar-refractivity contribution in [3.63, 3.8) is 0 Å². The van der Waals surface area contributed by atoms with E-state index in [9.17, 15) is 4.79 Å². The van der Waals surface area contributed by atoms with Crippen molar-refractivity contribution < 1.29 is 4.79 Å². The molecule has 0 fully saturated rings. The van der Waals surface area contributed by atoms with E-state index in [0.717, 1.165) is 21.7 Å². The summed E-state index contributed by atoms with van der Waals surface area (Å²) in [4.78, 5) is 13.6. The van der Waals surface area contributed by atoms with Crippen LogP contribution >= 0.6 is 11.3 Å². The molecule has 0 radical (unpaired) electrons.